The van der Waals surface area contributed by atoms with E-state index in [1.807, 2.05) is 0 Å². The average molecular weight is 188 g/mol. The third-order valence-electron chi connectivity index (χ3n) is 1.49. The topological polar surface area (TPSA) is 80.9 Å². The van der Waals surface area contributed by atoms with Crippen LogP contribution in [-0.2, 0) is 0 Å². The largest absolute Gasteiger partial charge is 0.506 e. The first-order chi connectivity index (χ1) is 5.57. The third kappa shape index (κ3) is 1.28. The Labute approximate surface area is 73.3 Å². The molecule has 1 aromatic carbocycles. The van der Waals surface area contributed by atoms with Crippen LogP contribution in [0, 0.1) is 6.92 Å². The Bertz CT molecular complexity index is 285. The highest BCUT2D eigenvalue weighted by Gasteiger charge is 2.14. The van der Waals surface area contributed by atoms with E-state index in [1.54, 1.807) is 6.92 Å². The minimum atomic E-state index is -0.509. The van der Waals surface area contributed by atoms with Gasteiger partial charge in [0.15, 0.2) is 11.5 Å². The molecule has 4 N–H and O–H groups in total. The number of rotatable bonds is 1. The number of phenols is 3. The summed E-state index contributed by atoms with van der Waals surface area (Å²) in [5.41, 5.74) is 0.391. The van der Waals surface area contributed by atoms with E-state index >= 15 is 0 Å². The Balaban J connectivity index is 3.42. The summed E-state index contributed by atoms with van der Waals surface area (Å²) in [5.74, 6) is -1.09. The average Bonchev–Trinajstić information content (AvgIpc) is 2.02. The van der Waals surface area contributed by atoms with E-state index in [9.17, 15) is 5.11 Å². The van der Waals surface area contributed by atoms with Crippen molar-refractivity contribution in [2.45, 2.75) is 11.8 Å². The molecule has 0 radical (unpaired) electrons. The summed E-state index contributed by atoms with van der Waals surface area (Å²) in [7, 11) is 0. The summed E-state index contributed by atoms with van der Waals surface area (Å²) < 4.78 is 8.63. The summed E-state index contributed by atoms with van der Waals surface area (Å²) >= 11 is 0.190. The first kappa shape index (κ1) is 9.02. The molecule has 0 spiro atoms. The number of phenolic OH excluding ortho intramolecular Hbond substituents is 3. The molecule has 5 heteroatoms. The van der Waals surface area contributed by atoms with Crippen LogP contribution in [0.5, 0.6) is 17.2 Å². The van der Waals surface area contributed by atoms with Gasteiger partial charge in [0, 0.05) is 12.0 Å². The molecule has 0 unspecified atom stereocenters. The van der Waals surface area contributed by atoms with Crippen LogP contribution < -0.4 is 0 Å². The maximum atomic E-state index is 9.25. The van der Waals surface area contributed by atoms with E-state index in [0.717, 1.165) is 0 Å². The highest BCUT2D eigenvalue weighted by Crippen LogP contribution is 2.43. The van der Waals surface area contributed by atoms with Gasteiger partial charge in [0.05, 0.1) is 0 Å². The Hall–Kier alpha value is -1.07. The van der Waals surface area contributed by atoms with Crippen molar-refractivity contribution in [2.24, 2.45) is 0 Å². The second-order valence-corrected chi connectivity index (χ2v) is 2.92. The first-order valence-corrected chi connectivity index (χ1v) is 3.91. The summed E-state index contributed by atoms with van der Waals surface area (Å²) in [6, 6.07) is 1.21. The van der Waals surface area contributed by atoms with Crippen molar-refractivity contribution in [1.29, 1.82) is 0 Å². The van der Waals surface area contributed by atoms with Crippen molar-refractivity contribution >= 4 is 12.0 Å². The van der Waals surface area contributed by atoms with E-state index in [0.29, 0.717) is 5.56 Å². The van der Waals surface area contributed by atoms with Gasteiger partial charge in [0.2, 0.25) is 0 Å². The van der Waals surface area contributed by atoms with E-state index in [2.05, 4.69) is 0 Å². The second kappa shape index (κ2) is 3.12. The van der Waals surface area contributed by atoms with Gasteiger partial charge in [-0.2, -0.15) is 0 Å². The predicted octanol–water partition coefficient (Wildman–Crippen LogP) is 1.68. The Morgan fingerprint density at radius 1 is 1.17 bits per heavy atom. The van der Waals surface area contributed by atoms with Crippen molar-refractivity contribution in [3.63, 3.8) is 0 Å². The summed E-state index contributed by atoms with van der Waals surface area (Å²) in [4.78, 5) is -0.132. The molecule has 0 heterocycles. The van der Waals surface area contributed by atoms with Gasteiger partial charge in [-0.1, -0.05) is 0 Å². The van der Waals surface area contributed by atoms with Crippen LogP contribution in [-0.4, -0.2) is 19.9 Å². The minimum Gasteiger partial charge on any atom is -0.506 e. The van der Waals surface area contributed by atoms with E-state index < -0.39 is 5.75 Å². The van der Waals surface area contributed by atoms with Crippen molar-refractivity contribution in [3.05, 3.63) is 11.6 Å². The second-order valence-electron chi connectivity index (χ2n) is 2.33. The van der Waals surface area contributed by atoms with Crippen LogP contribution in [0.1, 0.15) is 5.56 Å². The van der Waals surface area contributed by atoms with E-state index in [-0.39, 0.29) is 28.4 Å². The van der Waals surface area contributed by atoms with Crippen LogP contribution >= 0.6 is 12.0 Å². The SMILES string of the molecule is Cc1cc(O)c(O)c(SO)c1O. The highest BCUT2D eigenvalue weighted by molar-refractivity contribution is 7.94. The molecule has 0 bridgehead atoms. The van der Waals surface area contributed by atoms with E-state index in [1.165, 1.54) is 6.07 Å². The van der Waals surface area contributed by atoms with Gasteiger partial charge in [-0.3, -0.25) is 0 Å². The number of aryl methyl sites for hydroxylation is 1. The van der Waals surface area contributed by atoms with Crippen LogP contribution in [0.25, 0.3) is 0 Å². The number of benzene rings is 1. The normalized spacial score (nSPS) is 10.2. The Kier molecular flexibility index (Phi) is 2.35. The molecule has 1 aromatic rings. The fourth-order valence-electron chi connectivity index (χ4n) is 0.836. The number of aromatic hydroxyl groups is 3. The van der Waals surface area contributed by atoms with Gasteiger partial charge in [-0.15, -0.1) is 0 Å². The molecular weight excluding hydrogens is 180 g/mol. The molecule has 66 valence electrons. The van der Waals surface area contributed by atoms with Crippen LogP contribution in [0.2, 0.25) is 0 Å². The van der Waals surface area contributed by atoms with Gasteiger partial charge in [-0.25, -0.2) is 0 Å². The fourth-order valence-corrected chi connectivity index (χ4v) is 1.27. The maximum Gasteiger partial charge on any atom is 0.177 e. The maximum absolute atomic E-state index is 9.25. The predicted molar refractivity (Wildman–Crippen MR) is 44.7 cm³/mol. The molecule has 0 aliphatic carbocycles. The van der Waals surface area contributed by atoms with E-state index in [4.69, 9.17) is 14.8 Å². The van der Waals surface area contributed by atoms with Gasteiger partial charge in [-0.05, 0) is 18.6 Å². The zero-order valence-corrected chi connectivity index (χ0v) is 7.09. The molecule has 0 amide bonds. The molecule has 0 aliphatic rings. The molecule has 0 aliphatic heterocycles. The monoisotopic (exact) mass is 188 g/mol. The lowest BCUT2D eigenvalue weighted by atomic mass is 10.2. The van der Waals surface area contributed by atoms with Crippen LogP contribution in [0.15, 0.2) is 11.0 Å². The molecule has 0 saturated heterocycles. The molecular formula is C7H8O4S. The van der Waals surface area contributed by atoms with Crippen molar-refractivity contribution in [2.75, 3.05) is 0 Å². The lowest BCUT2D eigenvalue weighted by Gasteiger charge is -2.07. The lowest BCUT2D eigenvalue weighted by molar-refractivity contribution is 0.379. The lowest BCUT2D eigenvalue weighted by Crippen LogP contribution is -1.81. The summed E-state index contributed by atoms with van der Waals surface area (Å²) in [5, 5.41) is 27.4. The van der Waals surface area contributed by atoms with Gasteiger partial charge >= 0.3 is 0 Å². The Morgan fingerprint density at radius 2 is 1.75 bits per heavy atom. The molecule has 0 aromatic heterocycles. The fraction of sp³-hybridized carbons (Fsp3) is 0.143. The van der Waals surface area contributed by atoms with Crippen molar-refractivity contribution < 1.29 is 19.9 Å². The number of hydrogen-bond acceptors (Lipinski definition) is 5. The molecule has 4 nitrogen and oxygen atoms in total. The van der Waals surface area contributed by atoms with Crippen molar-refractivity contribution in [3.8, 4) is 17.2 Å². The van der Waals surface area contributed by atoms with Gasteiger partial charge in [0.25, 0.3) is 0 Å². The molecule has 12 heavy (non-hydrogen) atoms. The van der Waals surface area contributed by atoms with Crippen molar-refractivity contribution in [1.82, 2.24) is 0 Å². The molecule has 0 fully saturated rings. The van der Waals surface area contributed by atoms with Crippen LogP contribution in [0.4, 0.5) is 0 Å². The third-order valence-corrected chi connectivity index (χ3v) is 2.06. The minimum absolute atomic E-state index is 0.132. The smallest absolute Gasteiger partial charge is 0.177 e. The first-order valence-electron chi connectivity index (χ1n) is 3.13. The van der Waals surface area contributed by atoms with Gasteiger partial charge in [0.1, 0.15) is 10.6 Å². The summed E-state index contributed by atoms with van der Waals surface area (Å²) in [6.45, 7) is 1.55. The zero-order valence-electron chi connectivity index (χ0n) is 6.27. The molecule has 0 saturated carbocycles. The summed E-state index contributed by atoms with van der Waals surface area (Å²) in [6.07, 6.45) is 0. The quantitative estimate of drug-likeness (QED) is 0.306. The van der Waals surface area contributed by atoms with Gasteiger partial charge < -0.3 is 19.9 Å². The Morgan fingerprint density at radius 3 is 2.25 bits per heavy atom. The molecule has 1 rings (SSSR count). The zero-order chi connectivity index (χ0) is 9.30. The molecule has 0 atom stereocenters. The number of hydrogen-bond donors (Lipinski definition) is 4. The van der Waals surface area contributed by atoms with Crippen LogP contribution in [0.3, 0.4) is 0 Å². The standard InChI is InChI=1S/C7H8O4S/c1-3-2-4(8)6(10)7(12-11)5(3)9/h2,8-11H,1H3. The highest BCUT2D eigenvalue weighted by atomic mass is 32.2.